The quantitative estimate of drug-likeness (QED) is 0.929. The summed E-state index contributed by atoms with van der Waals surface area (Å²) in [6.07, 6.45) is 6.23. The zero-order chi connectivity index (χ0) is 14.8. The smallest absolute Gasteiger partial charge is 0.0860 e. The van der Waals surface area contributed by atoms with Crippen LogP contribution >= 0.6 is 0 Å². The van der Waals surface area contributed by atoms with Crippen LogP contribution < -0.4 is 10.2 Å². The lowest BCUT2D eigenvalue weighted by Gasteiger charge is -2.43. The first-order chi connectivity index (χ1) is 10.9. The second-order valence-corrected chi connectivity index (χ2v) is 6.81. The Morgan fingerprint density at radius 1 is 1.14 bits per heavy atom. The molecule has 3 heterocycles. The first-order valence-electron chi connectivity index (χ1n) is 8.73. The summed E-state index contributed by atoms with van der Waals surface area (Å²) in [7, 11) is 0. The lowest BCUT2D eigenvalue weighted by Crippen LogP contribution is -2.55. The molecular formula is C18H26N4. The second kappa shape index (κ2) is 6.39. The van der Waals surface area contributed by atoms with Gasteiger partial charge in [-0.1, -0.05) is 12.1 Å². The highest BCUT2D eigenvalue weighted by atomic mass is 15.3. The number of fused-ring (bicyclic) bond motifs is 3. The van der Waals surface area contributed by atoms with Gasteiger partial charge in [0.15, 0.2) is 0 Å². The summed E-state index contributed by atoms with van der Waals surface area (Å²) in [4.78, 5) is 9.83. The van der Waals surface area contributed by atoms with E-state index in [0.717, 1.165) is 24.7 Å². The molecule has 1 aromatic rings. The summed E-state index contributed by atoms with van der Waals surface area (Å²) < 4.78 is 0. The van der Waals surface area contributed by atoms with Crippen molar-refractivity contribution in [3.05, 3.63) is 24.3 Å². The maximum atomic E-state index is 4.66. The number of hydrogen-bond donors (Lipinski definition) is 1. The first-order valence-corrected chi connectivity index (χ1v) is 8.73. The lowest BCUT2D eigenvalue weighted by atomic mass is 9.94. The van der Waals surface area contributed by atoms with E-state index in [0.29, 0.717) is 6.04 Å². The van der Waals surface area contributed by atoms with Gasteiger partial charge in [0.25, 0.3) is 0 Å². The molecule has 1 N–H and O–H groups in total. The summed E-state index contributed by atoms with van der Waals surface area (Å²) in [5, 5.41) is 3.46. The lowest BCUT2D eigenvalue weighted by molar-refractivity contribution is 0.214. The molecule has 22 heavy (non-hydrogen) atoms. The Morgan fingerprint density at radius 2 is 2.00 bits per heavy atom. The minimum atomic E-state index is 0.455. The molecule has 0 saturated carbocycles. The standard InChI is InChI=1S/C18H26N4/c1-2-4-18-17(3-1)20-13-16-14-21(11-12-22(16)18)10-7-15-5-8-19-9-6-15/h1-4,13,15-16,19H,5-12,14H2. The van der Waals surface area contributed by atoms with Gasteiger partial charge in [-0.3, -0.25) is 9.89 Å². The van der Waals surface area contributed by atoms with E-state index in [1.807, 2.05) is 0 Å². The van der Waals surface area contributed by atoms with Gasteiger partial charge in [0.1, 0.15) is 0 Å². The van der Waals surface area contributed by atoms with Crippen LogP contribution in [0.3, 0.4) is 0 Å². The zero-order valence-electron chi connectivity index (χ0n) is 13.2. The highest BCUT2D eigenvalue weighted by Gasteiger charge is 2.29. The normalized spacial score (nSPS) is 25.8. The van der Waals surface area contributed by atoms with E-state index >= 15 is 0 Å². The largest absolute Gasteiger partial charge is 0.359 e. The number of nitrogens with one attached hydrogen (secondary N) is 1. The molecule has 1 unspecified atom stereocenters. The Morgan fingerprint density at radius 3 is 2.91 bits per heavy atom. The molecule has 4 rings (SSSR count). The number of aliphatic imine (C=N–C) groups is 1. The van der Waals surface area contributed by atoms with Crippen molar-refractivity contribution in [2.24, 2.45) is 10.9 Å². The Labute approximate surface area is 133 Å². The molecule has 4 heteroatoms. The highest BCUT2D eigenvalue weighted by Crippen LogP contribution is 2.33. The molecule has 0 aromatic heterocycles. The van der Waals surface area contributed by atoms with Crippen molar-refractivity contribution in [2.45, 2.75) is 25.3 Å². The Hall–Kier alpha value is -1.39. The number of piperazine rings is 1. The number of piperidine rings is 1. The Balaban J connectivity index is 1.35. The molecule has 0 spiro atoms. The number of para-hydroxylation sites is 2. The summed E-state index contributed by atoms with van der Waals surface area (Å²) in [6, 6.07) is 8.98. The van der Waals surface area contributed by atoms with Gasteiger partial charge < -0.3 is 10.2 Å². The van der Waals surface area contributed by atoms with Gasteiger partial charge in [0.05, 0.1) is 17.4 Å². The molecule has 2 fully saturated rings. The maximum Gasteiger partial charge on any atom is 0.0860 e. The second-order valence-electron chi connectivity index (χ2n) is 6.81. The predicted molar refractivity (Wildman–Crippen MR) is 92.4 cm³/mol. The van der Waals surface area contributed by atoms with Gasteiger partial charge in [0.2, 0.25) is 0 Å². The third-order valence-corrected chi connectivity index (χ3v) is 5.39. The Kier molecular flexibility index (Phi) is 4.13. The van der Waals surface area contributed by atoms with Crippen LogP contribution in [0.25, 0.3) is 0 Å². The minimum absolute atomic E-state index is 0.455. The van der Waals surface area contributed by atoms with E-state index in [-0.39, 0.29) is 0 Å². The summed E-state index contributed by atoms with van der Waals surface area (Å²) in [5.41, 5.74) is 2.44. The maximum absolute atomic E-state index is 4.66. The van der Waals surface area contributed by atoms with Crippen molar-refractivity contribution in [1.82, 2.24) is 10.2 Å². The average Bonchev–Trinajstić information content (AvgIpc) is 2.60. The van der Waals surface area contributed by atoms with Crippen molar-refractivity contribution >= 4 is 17.6 Å². The number of hydrogen-bond acceptors (Lipinski definition) is 4. The SMILES string of the molecule is C1=Nc2ccccc2N2CCN(CCC3CCNCC3)CC12. The van der Waals surface area contributed by atoms with Crippen LogP contribution in [0.15, 0.2) is 29.3 Å². The molecule has 0 amide bonds. The van der Waals surface area contributed by atoms with Crippen LogP contribution in [0.5, 0.6) is 0 Å². The van der Waals surface area contributed by atoms with Crippen LogP contribution in [0.4, 0.5) is 11.4 Å². The summed E-state index contributed by atoms with van der Waals surface area (Å²) in [5.74, 6) is 0.931. The molecule has 3 aliphatic rings. The van der Waals surface area contributed by atoms with Crippen LogP contribution in [0.1, 0.15) is 19.3 Å². The van der Waals surface area contributed by atoms with Crippen molar-refractivity contribution < 1.29 is 0 Å². The minimum Gasteiger partial charge on any atom is -0.359 e. The number of anilines is 1. The van der Waals surface area contributed by atoms with Crippen LogP contribution in [-0.2, 0) is 0 Å². The van der Waals surface area contributed by atoms with Gasteiger partial charge in [-0.05, 0) is 56.9 Å². The Bertz CT molecular complexity index is 536. The fourth-order valence-electron chi connectivity index (χ4n) is 4.02. The topological polar surface area (TPSA) is 30.9 Å². The van der Waals surface area contributed by atoms with Crippen LogP contribution in [-0.4, -0.2) is 56.4 Å². The zero-order valence-corrected chi connectivity index (χ0v) is 13.2. The van der Waals surface area contributed by atoms with Crippen molar-refractivity contribution in [1.29, 1.82) is 0 Å². The van der Waals surface area contributed by atoms with Gasteiger partial charge >= 0.3 is 0 Å². The van der Waals surface area contributed by atoms with E-state index in [1.54, 1.807) is 0 Å². The molecule has 0 bridgehead atoms. The van der Waals surface area contributed by atoms with Crippen molar-refractivity contribution in [2.75, 3.05) is 44.2 Å². The molecule has 2 saturated heterocycles. The first kappa shape index (κ1) is 14.2. The number of rotatable bonds is 3. The number of benzene rings is 1. The third kappa shape index (κ3) is 2.90. The molecular weight excluding hydrogens is 272 g/mol. The molecule has 118 valence electrons. The van der Waals surface area contributed by atoms with Gasteiger partial charge in [-0.25, -0.2) is 0 Å². The average molecular weight is 298 g/mol. The molecule has 0 aliphatic carbocycles. The summed E-state index contributed by atoms with van der Waals surface area (Å²) in [6.45, 7) is 7.12. The fourth-order valence-corrected chi connectivity index (χ4v) is 4.02. The van der Waals surface area contributed by atoms with E-state index in [9.17, 15) is 0 Å². The third-order valence-electron chi connectivity index (χ3n) is 5.39. The molecule has 4 nitrogen and oxygen atoms in total. The van der Waals surface area contributed by atoms with Crippen molar-refractivity contribution in [3.8, 4) is 0 Å². The molecule has 1 atom stereocenters. The van der Waals surface area contributed by atoms with E-state index in [1.165, 1.54) is 51.1 Å². The van der Waals surface area contributed by atoms with E-state index in [4.69, 9.17) is 0 Å². The van der Waals surface area contributed by atoms with E-state index in [2.05, 4.69) is 50.6 Å². The fraction of sp³-hybridized carbons (Fsp3) is 0.611. The predicted octanol–water partition coefficient (Wildman–Crippen LogP) is 2.28. The van der Waals surface area contributed by atoms with E-state index < -0.39 is 0 Å². The van der Waals surface area contributed by atoms with Crippen LogP contribution in [0, 0.1) is 5.92 Å². The van der Waals surface area contributed by atoms with Gasteiger partial charge in [-0.15, -0.1) is 0 Å². The highest BCUT2D eigenvalue weighted by molar-refractivity contribution is 5.84. The van der Waals surface area contributed by atoms with Gasteiger partial charge in [0, 0.05) is 25.8 Å². The molecule has 3 aliphatic heterocycles. The van der Waals surface area contributed by atoms with Gasteiger partial charge in [-0.2, -0.15) is 0 Å². The summed E-state index contributed by atoms with van der Waals surface area (Å²) >= 11 is 0. The van der Waals surface area contributed by atoms with Crippen molar-refractivity contribution in [3.63, 3.8) is 0 Å². The van der Waals surface area contributed by atoms with Crippen LogP contribution in [0.2, 0.25) is 0 Å². The number of nitrogens with zero attached hydrogens (tertiary/aromatic N) is 3. The molecule has 1 aromatic carbocycles. The molecule has 0 radical (unpaired) electrons. The monoisotopic (exact) mass is 298 g/mol.